The van der Waals surface area contributed by atoms with Crippen LogP contribution in [0, 0.1) is 11.6 Å². The number of benzene rings is 2. The predicted molar refractivity (Wildman–Crippen MR) is 130 cm³/mol. The van der Waals surface area contributed by atoms with Gasteiger partial charge in [0.05, 0.1) is 19.4 Å². The van der Waals surface area contributed by atoms with Crippen molar-refractivity contribution >= 4 is 11.8 Å². The number of likely N-dealkylation sites (tertiary alicyclic amines) is 1. The molecular formula is C25H31F2N5O3. The van der Waals surface area contributed by atoms with Gasteiger partial charge >= 0.3 is 6.03 Å². The summed E-state index contributed by atoms with van der Waals surface area (Å²) in [6.07, 6.45) is 0.995. The van der Waals surface area contributed by atoms with Crippen LogP contribution in [0.2, 0.25) is 0 Å². The number of rotatable bonds is 7. The minimum atomic E-state index is -0.775. The molecule has 1 aliphatic heterocycles. The Balaban J connectivity index is 0.000000196. The SMILES string of the molecule is COCCN1CCC(c2ccc(F)c(F)c2)C1.COc1cccc(-c2cc(NC(N)=O)n(C)n2)c1. The molecule has 0 spiro atoms. The lowest BCUT2D eigenvalue weighted by Gasteiger charge is -2.15. The number of nitrogens with zero attached hydrogens (tertiary/aromatic N) is 3. The van der Waals surface area contributed by atoms with E-state index in [1.54, 1.807) is 38.1 Å². The first-order valence-electron chi connectivity index (χ1n) is 11.2. The average molecular weight is 488 g/mol. The van der Waals surface area contributed by atoms with Gasteiger partial charge in [0, 0.05) is 38.9 Å². The molecule has 1 saturated heterocycles. The van der Waals surface area contributed by atoms with Crippen LogP contribution in [-0.2, 0) is 11.8 Å². The van der Waals surface area contributed by atoms with Crippen molar-refractivity contribution in [3.63, 3.8) is 0 Å². The standard InChI is InChI=1S/C13H17F2NO.C12H14N4O2/c1-17-7-6-16-5-4-11(9-16)10-2-3-12(14)13(15)8-10;1-16-11(14-12(13)17)7-10(15-16)8-4-3-5-9(6-8)18-2/h2-3,8,11H,4-7,9H2,1H3;3-7H,1-2H3,(H3,13,14,17). The van der Waals surface area contributed by atoms with E-state index in [0.29, 0.717) is 18.3 Å². The third kappa shape index (κ3) is 7.24. The first kappa shape index (κ1) is 26.1. The van der Waals surface area contributed by atoms with Crippen LogP contribution in [0.4, 0.5) is 19.4 Å². The minimum absolute atomic E-state index is 0.307. The van der Waals surface area contributed by atoms with Gasteiger partial charge in [-0.1, -0.05) is 18.2 Å². The van der Waals surface area contributed by atoms with Gasteiger partial charge in [-0.05, 0) is 48.7 Å². The maximum absolute atomic E-state index is 13.1. The van der Waals surface area contributed by atoms with Gasteiger partial charge in [0.1, 0.15) is 11.6 Å². The Morgan fingerprint density at radius 2 is 1.97 bits per heavy atom. The number of nitrogens with one attached hydrogen (secondary N) is 1. The third-order valence-corrected chi connectivity index (χ3v) is 5.80. The number of anilines is 1. The molecule has 1 aromatic heterocycles. The molecule has 0 radical (unpaired) electrons. The molecule has 0 saturated carbocycles. The Bertz CT molecular complexity index is 1140. The number of aryl methyl sites for hydroxylation is 1. The van der Waals surface area contributed by atoms with Gasteiger partial charge < -0.3 is 20.1 Å². The van der Waals surface area contributed by atoms with Crippen LogP contribution in [0.3, 0.4) is 0 Å². The minimum Gasteiger partial charge on any atom is -0.497 e. The van der Waals surface area contributed by atoms with Crippen LogP contribution in [0.1, 0.15) is 17.9 Å². The van der Waals surface area contributed by atoms with Crippen molar-refractivity contribution in [3.05, 3.63) is 65.7 Å². The fraction of sp³-hybridized carbons (Fsp3) is 0.360. The number of methoxy groups -OCH3 is 2. The Hall–Kier alpha value is -3.50. The molecule has 1 aliphatic rings. The van der Waals surface area contributed by atoms with Crippen molar-refractivity contribution < 1.29 is 23.0 Å². The maximum atomic E-state index is 13.1. The molecule has 2 heterocycles. The van der Waals surface area contributed by atoms with Crippen molar-refractivity contribution in [1.82, 2.24) is 14.7 Å². The number of aromatic nitrogens is 2. The summed E-state index contributed by atoms with van der Waals surface area (Å²) in [6, 6.07) is 12.9. The van der Waals surface area contributed by atoms with Gasteiger partial charge in [-0.3, -0.25) is 10.00 Å². The smallest absolute Gasteiger partial charge is 0.317 e. The normalized spacial score (nSPS) is 15.4. The second-order valence-corrected chi connectivity index (χ2v) is 8.21. The summed E-state index contributed by atoms with van der Waals surface area (Å²) < 4.78 is 37.7. The zero-order chi connectivity index (χ0) is 25.4. The van der Waals surface area contributed by atoms with Crippen molar-refractivity contribution in [2.75, 3.05) is 45.8 Å². The first-order chi connectivity index (χ1) is 16.8. The second kappa shape index (κ2) is 12.3. The largest absolute Gasteiger partial charge is 0.497 e. The van der Waals surface area contributed by atoms with E-state index in [1.807, 2.05) is 24.3 Å². The van der Waals surface area contributed by atoms with E-state index in [9.17, 15) is 13.6 Å². The zero-order valence-corrected chi connectivity index (χ0v) is 20.1. The highest BCUT2D eigenvalue weighted by molar-refractivity contribution is 5.87. The highest BCUT2D eigenvalue weighted by Gasteiger charge is 2.24. The fourth-order valence-electron chi connectivity index (χ4n) is 3.93. The molecule has 0 aliphatic carbocycles. The second-order valence-electron chi connectivity index (χ2n) is 8.21. The van der Waals surface area contributed by atoms with Crippen LogP contribution >= 0.6 is 0 Å². The van der Waals surface area contributed by atoms with E-state index in [4.69, 9.17) is 15.2 Å². The molecule has 188 valence electrons. The molecule has 3 N–H and O–H groups in total. The number of hydrogen-bond donors (Lipinski definition) is 2. The van der Waals surface area contributed by atoms with Crippen LogP contribution in [-0.4, -0.2) is 61.2 Å². The van der Waals surface area contributed by atoms with Crippen LogP contribution in [0.5, 0.6) is 5.75 Å². The Kier molecular flexibility index (Phi) is 9.16. The number of nitrogens with two attached hydrogens (primary N) is 1. The molecule has 1 unspecified atom stereocenters. The molecule has 2 amide bonds. The molecule has 4 rings (SSSR count). The lowest BCUT2D eigenvalue weighted by atomic mass is 9.98. The van der Waals surface area contributed by atoms with Gasteiger partial charge in [0.2, 0.25) is 0 Å². The number of hydrogen-bond acceptors (Lipinski definition) is 5. The van der Waals surface area contributed by atoms with Gasteiger partial charge in [0.15, 0.2) is 11.6 Å². The van der Waals surface area contributed by atoms with Gasteiger partial charge in [-0.2, -0.15) is 5.10 Å². The summed E-state index contributed by atoms with van der Waals surface area (Å²) >= 11 is 0. The van der Waals surface area contributed by atoms with E-state index in [1.165, 1.54) is 12.1 Å². The summed E-state index contributed by atoms with van der Waals surface area (Å²) in [4.78, 5) is 13.1. The summed E-state index contributed by atoms with van der Waals surface area (Å²) in [5.74, 6) is 0.0747. The third-order valence-electron chi connectivity index (χ3n) is 5.80. The van der Waals surface area contributed by atoms with Crippen molar-refractivity contribution in [1.29, 1.82) is 0 Å². The Morgan fingerprint density at radius 3 is 2.66 bits per heavy atom. The summed E-state index contributed by atoms with van der Waals surface area (Å²) in [6.45, 7) is 3.50. The highest BCUT2D eigenvalue weighted by atomic mass is 19.2. The molecule has 3 aromatic rings. The number of primary amides is 1. The molecule has 2 aromatic carbocycles. The number of carbonyl (C=O) groups is 1. The number of carbonyl (C=O) groups excluding carboxylic acids is 1. The van der Waals surface area contributed by atoms with Crippen LogP contribution < -0.4 is 15.8 Å². The summed E-state index contributed by atoms with van der Waals surface area (Å²) in [5.41, 5.74) is 7.61. The number of ether oxygens (including phenoxy) is 2. The average Bonchev–Trinajstić information content (AvgIpc) is 3.46. The molecule has 0 bridgehead atoms. The number of halogens is 2. The highest BCUT2D eigenvalue weighted by Crippen LogP contribution is 2.28. The van der Waals surface area contributed by atoms with E-state index < -0.39 is 17.7 Å². The van der Waals surface area contributed by atoms with Crippen LogP contribution in [0.25, 0.3) is 11.3 Å². The number of urea groups is 1. The van der Waals surface area contributed by atoms with Crippen molar-refractivity contribution in [2.45, 2.75) is 12.3 Å². The van der Waals surface area contributed by atoms with Crippen molar-refractivity contribution in [2.24, 2.45) is 12.8 Å². The molecule has 1 atom stereocenters. The van der Waals surface area contributed by atoms with Gasteiger partial charge in [-0.15, -0.1) is 0 Å². The molecule has 1 fully saturated rings. The van der Waals surface area contributed by atoms with Gasteiger partial charge in [-0.25, -0.2) is 13.6 Å². The van der Waals surface area contributed by atoms with E-state index in [0.717, 1.165) is 48.6 Å². The Labute approximate surface area is 203 Å². The monoisotopic (exact) mass is 487 g/mol. The topological polar surface area (TPSA) is 94.6 Å². The lowest BCUT2D eigenvalue weighted by molar-refractivity contribution is 0.160. The van der Waals surface area contributed by atoms with E-state index >= 15 is 0 Å². The molecule has 8 nitrogen and oxygen atoms in total. The van der Waals surface area contributed by atoms with Crippen molar-refractivity contribution in [3.8, 4) is 17.0 Å². The summed E-state index contributed by atoms with van der Waals surface area (Å²) in [7, 11) is 5.02. The quantitative estimate of drug-likeness (QED) is 0.526. The molecule has 35 heavy (non-hydrogen) atoms. The fourth-order valence-corrected chi connectivity index (χ4v) is 3.93. The summed E-state index contributed by atoms with van der Waals surface area (Å²) in [5, 5.41) is 6.80. The predicted octanol–water partition coefficient (Wildman–Crippen LogP) is 3.99. The Morgan fingerprint density at radius 1 is 1.17 bits per heavy atom. The zero-order valence-electron chi connectivity index (χ0n) is 20.1. The lowest BCUT2D eigenvalue weighted by Crippen LogP contribution is -2.24. The van der Waals surface area contributed by atoms with E-state index in [-0.39, 0.29) is 0 Å². The first-order valence-corrected chi connectivity index (χ1v) is 11.2. The number of amides is 2. The molecule has 10 heteroatoms. The molecular weight excluding hydrogens is 456 g/mol. The van der Waals surface area contributed by atoms with Crippen LogP contribution in [0.15, 0.2) is 48.5 Å². The van der Waals surface area contributed by atoms with E-state index in [2.05, 4.69) is 15.3 Å². The van der Waals surface area contributed by atoms with Gasteiger partial charge in [0.25, 0.3) is 0 Å². The maximum Gasteiger partial charge on any atom is 0.317 e.